The fourth-order valence-electron chi connectivity index (χ4n) is 1.30. The number of rotatable bonds is 2. The minimum atomic E-state index is -0.785. The average Bonchev–Trinajstić information content (AvgIpc) is 2.13. The number of amides is 1. The van der Waals surface area contributed by atoms with Crippen molar-refractivity contribution in [1.82, 2.24) is 5.43 Å². The Morgan fingerprint density at radius 2 is 1.78 bits per heavy atom. The van der Waals surface area contributed by atoms with Gasteiger partial charge in [-0.1, -0.05) is 6.07 Å². The van der Waals surface area contributed by atoms with Gasteiger partial charge in [-0.3, -0.25) is 5.01 Å². The number of carbonyl (C=O) groups is 1. The van der Waals surface area contributed by atoms with Gasteiger partial charge >= 0.3 is 6.09 Å². The maximum Gasteiger partial charge on any atom is 0.426 e. The summed E-state index contributed by atoms with van der Waals surface area (Å²) in [6, 6.07) is 3.45. The fraction of sp³-hybridized carbons (Fsp3) is 0.417. The normalized spacial score (nSPS) is 11.0. The summed E-state index contributed by atoms with van der Waals surface area (Å²) in [5.41, 5.74) is 1.20. The van der Waals surface area contributed by atoms with Crippen molar-refractivity contribution >= 4 is 11.8 Å². The highest BCUT2D eigenvalue weighted by Crippen LogP contribution is 2.20. The lowest BCUT2D eigenvalue weighted by Crippen LogP contribution is -2.43. The second-order valence-electron chi connectivity index (χ2n) is 4.74. The van der Waals surface area contributed by atoms with E-state index in [1.807, 2.05) is 0 Å². The molecule has 0 heterocycles. The summed E-state index contributed by atoms with van der Waals surface area (Å²) in [5.74, 6) is -1.54. The largest absolute Gasteiger partial charge is 0.443 e. The maximum atomic E-state index is 13.4. The third-order valence-electron chi connectivity index (χ3n) is 1.93. The number of halogens is 2. The van der Waals surface area contributed by atoms with Crippen LogP contribution in [-0.4, -0.2) is 18.7 Å². The van der Waals surface area contributed by atoms with Gasteiger partial charge in [-0.15, -0.1) is 0 Å². The lowest BCUT2D eigenvalue weighted by atomic mass is 10.2. The third kappa shape index (κ3) is 3.87. The van der Waals surface area contributed by atoms with Crippen LogP contribution >= 0.6 is 0 Å². The van der Waals surface area contributed by atoms with Gasteiger partial charge in [0, 0.05) is 7.05 Å². The topological polar surface area (TPSA) is 41.6 Å². The fourth-order valence-corrected chi connectivity index (χ4v) is 1.30. The molecule has 0 spiro atoms. The third-order valence-corrected chi connectivity index (χ3v) is 1.93. The first kappa shape index (κ1) is 14.2. The van der Waals surface area contributed by atoms with Gasteiger partial charge in [-0.25, -0.2) is 19.0 Å². The molecule has 0 bridgehead atoms. The molecule has 0 fully saturated rings. The van der Waals surface area contributed by atoms with Crippen LogP contribution in [0.25, 0.3) is 0 Å². The second kappa shape index (κ2) is 5.20. The summed E-state index contributed by atoms with van der Waals surface area (Å²) in [6.45, 7) is 5.07. The van der Waals surface area contributed by atoms with E-state index in [4.69, 9.17) is 4.74 Å². The van der Waals surface area contributed by atoms with E-state index >= 15 is 0 Å². The standard InChI is InChI=1S/C12H16F2N2O2/c1-12(2,3)18-11(17)15-16(4)10-8(13)6-5-7-9(10)14/h5-7H,1-4H3,(H,15,17). The molecule has 0 aliphatic rings. The van der Waals surface area contributed by atoms with Gasteiger partial charge in [0.2, 0.25) is 0 Å². The Labute approximate surface area is 105 Å². The molecule has 18 heavy (non-hydrogen) atoms. The number of nitrogens with zero attached hydrogens (tertiary/aromatic N) is 1. The maximum absolute atomic E-state index is 13.4. The zero-order chi connectivity index (χ0) is 13.9. The number of anilines is 1. The summed E-state index contributed by atoms with van der Waals surface area (Å²) in [5, 5.41) is 0.943. The highest BCUT2D eigenvalue weighted by atomic mass is 19.1. The van der Waals surface area contributed by atoms with Gasteiger partial charge in [0.25, 0.3) is 0 Å². The summed E-state index contributed by atoms with van der Waals surface area (Å²) >= 11 is 0. The van der Waals surface area contributed by atoms with Crippen LogP contribution in [0.1, 0.15) is 20.8 Å². The number of hydrazine groups is 1. The Bertz CT molecular complexity index is 424. The molecule has 4 nitrogen and oxygen atoms in total. The summed E-state index contributed by atoms with van der Waals surface area (Å²) in [7, 11) is 1.32. The Hall–Kier alpha value is -1.85. The summed E-state index contributed by atoms with van der Waals surface area (Å²) in [6.07, 6.45) is -0.785. The Morgan fingerprint density at radius 3 is 2.22 bits per heavy atom. The van der Waals surface area contributed by atoms with Crippen LogP contribution in [0.3, 0.4) is 0 Å². The van der Waals surface area contributed by atoms with Crippen LogP contribution in [0, 0.1) is 11.6 Å². The lowest BCUT2D eigenvalue weighted by Gasteiger charge is -2.25. The van der Waals surface area contributed by atoms with Gasteiger partial charge in [0.15, 0.2) is 11.6 Å². The number of hydrogen-bond donors (Lipinski definition) is 1. The van der Waals surface area contributed by atoms with Gasteiger partial charge in [0.1, 0.15) is 11.3 Å². The number of nitrogens with one attached hydrogen (secondary N) is 1. The zero-order valence-electron chi connectivity index (χ0n) is 10.8. The Morgan fingerprint density at radius 1 is 1.28 bits per heavy atom. The number of para-hydroxylation sites is 1. The van der Waals surface area contributed by atoms with E-state index in [2.05, 4.69) is 5.43 Å². The van der Waals surface area contributed by atoms with Crippen molar-refractivity contribution in [2.75, 3.05) is 12.1 Å². The van der Waals surface area contributed by atoms with E-state index in [0.29, 0.717) is 0 Å². The molecule has 0 aromatic heterocycles. The molecule has 1 aromatic carbocycles. The Kier molecular flexibility index (Phi) is 4.11. The number of carbonyl (C=O) groups excluding carboxylic acids is 1. The molecule has 0 atom stereocenters. The predicted molar refractivity (Wildman–Crippen MR) is 64.1 cm³/mol. The molecule has 1 aromatic rings. The molecule has 0 unspecified atom stereocenters. The summed E-state index contributed by atoms with van der Waals surface area (Å²) < 4.78 is 31.8. The van der Waals surface area contributed by atoms with Crippen LogP contribution < -0.4 is 10.4 Å². The van der Waals surface area contributed by atoms with Crippen molar-refractivity contribution in [3.05, 3.63) is 29.8 Å². The van der Waals surface area contributed by atoms with Gasteiger partial charge in [-0.2, -0.15) is 0 Å². The summed E-state index contributed by atoms with van der Waals surface area (Å²) in [4.78, 5) is 11.4. The second-order valence-corrected chi connectivity index (χ2v) is 4.74. The van der Waals surface area contributed by atoms with Crippen molar-refractivity contribution in [2.45, 2.75) is 26.4 Å². The van der Waals surface area contributed by atoms with Crippen LogP contribution in [0.4, 0.5) is 19.3 Å². The lowest BCUT2D eigenvalue weighted by molar-refractivity contribution is 0.0524. The van der Waals surface area contributed by atoms with Gasteiger partial charge in [0.05, 0.1) is 0 Å². The van der Waals surface area contributed by atoms with E-state index < -0.39 is 23.3 Å². The molecule has 1 N–H and O–H groups in total. The number of hydrogen-bond acceptors (Lipinski definition) is 3. The van der Waals surface area contributed by atoms with Crippen molar-refractivity contribution in [1.29, 1.82) is 0 Å². The van der Waals surface area contributed by atoms with Crippen LogP contribution in [0.5, 0.6) is 0 Å². The number of ether oxygens (including phenoxy) is 1. The molecule has 0 saturated heterocycles. The molecular formula is C12H16F2N2O2. The van der Waals surface area contributed by atoms with Crippen LogP contribution in [-0.2, 0) is 4.74 Å². The van der Waals surface area contributed by atoms with Crippen molar-refractivity contribution in [2.24, 2.45) is 0 Å². The molecule has 6 heteroatoms. The molecule has 1 rings (SSSR count). The highest BCUT2D eigenvalue weighted by molar-refractivity contribution is 5.70. The monoisotopic (exact) mass is 258 g/mol. The quantitative estimate of drug-likeness (QED) is 0.829. The predicted octanol–water partition coefficient (Wildman–Crippen LogP) is 2.84. The highest BCUT2D eigenvalue weighted by Gasteiger charge is 2.19. The smallest absolute Gasteiger partial charge is 0.426 e. The average molecular weight is 258 g/mol. The van der Waals surface area contributed by atoms with E-state index in [1.165, 1.54) is 13.1 Å². The SMILES string of the molecule is CN(NC(=O)OC(C)(C)C)c1c(F)cccc1F. The van der Waals surface area contributed by atoms with E-state index in [1.54, 1.807) is 20.8 Å². The van der Waals surface area contributed by atoms with E-state index in [-0.39, 0.29) is 5.69 Å². The molecular weight excluding hydrogens is 242 g/mol. The van der Waals surface area contributed by atoms with Crippen molar-refractivity contribution in [3.63, 3.8) is 0 Å². The van der Waals surface area contributed by atoms with E-state index in [9.17, 15) is 13.6 Å². The van der Waals surface area contributed by atoms with Crippen molar-refractivity contribution in [3.8, 4) is 0 Å². The van der Waals surface area contributed by atoms with Gasteiger partial charge in [-0.05, 0) is 32.9 Å². The molecule has 0 radical (unpaired) electrons. The van der Waals surface area contributed by atoms with Crippen LogP contribution in [0.15, 0.2) is 18.2 Å². The molecule has 0 aliphatic carbocycles. The molecule has 100 valence electrons. The zero-order valence-corrected chi connectivity index (χ0v) is 10.8. The first-order valence-electron chi connectivity index (χ1n) is 5.38. The van der Waals surface area contributed by atoms with Gasteiger partial charge < -0.3 is 4.74 Å². The minimum Gasteiger partial charge on any atom is -0.443 e. The van der Waals surface area contributed by atoms with Crippen LogP contribution in [0.2, 0.25) is 0 Å². The first-order chi connectivity index (χ1) is 8.20. The molecule has 0 saturated carbocycles. The number of benzene rings is 1. The molecule has 0 aliphatic heterocycles. The molecule has 1 amide bonds. The van der Waals surface area contributed by atoms with E-state index in [0.717, 1.165) is 17.1 Å². The Balaban J connectivity index is 2.77. The first-order valence-corrected chi connectivity index (χ1v) is 5.38. The van der Waals surface area contributed by atoms with Crippen molar-refractivity contribution < 1.29 is 18.3 Å². The minimum absolute atomic E-state index is 0.344.